The fourth-order valence-electron chi connectivity index (χ4n) is 1.04. The van der Waals surface area contributed by atoms with Crippen LogP contribution >= 0.6 is 0 Å². The lowest BCUT2D eigenvalue weighted by atomic mass is 10.1. The largest absolute Gasteiger partial charge is 0.378 e. The first-order chi connectivity index (χ1) is 5.56. The Labute approximate surface area is 76.5 Å². The molecule has 3 atom stereocenters. The van der Waals surface area contributed by atoms with Crippen LogP contribution in [0.4, 0.5) is 0 Å². The standard InChI is InChI=1S/C10H23NO/c1-5-8(2)7-12-10(4)6-9(3)11/h8-10H,5-7,11H2,1-4H3. The second-order valence-electron chi connectivity index (χ2n) is 3.87. The van der Waals surface area contributed by atoms with Crippen molar-refractivity contribution in [1.29, 1.82) is 0 Å². The van der Waals surface area contributed by atoms with Crippen LogP contribution in [0.25, 0.3) is 0 Å². The van der Waals surface area contributed by atoms with Gasteiger partial charge in [-0.05, 0) is 26.2 Å². The molecule has 0 saturated heterocycles. The van der Waals surface area contributed by atoms with Crippen LogP contribution in [0.3, 0.4) is 0 Å². The predicted octanol–water partition coefficient (Wildman–Crippen LogP) is 2.17. The molecule has 0 saturated carbocycles. The molecule has 2 N–H and O–H groups in total. The molecule has 0 aliphatic rings. The molecular formula is C10H23NO. The molecule has 3 unspecified atom stereocenters. The van der Waals surface area contributed by atoms with E-state index in [4.69, 9.17) is 10.5 Å². The van der Waals surface area contributed by atoms with Crippen molar-refractivity contribution >= 4 is 0 Å². The average molecular weight is 173 g/mol. The molecular weight excluding hydrogens is 150 g/mol. The second-order valence-corrected chi connectivity index (χ2v) is 3.87. The summed E-state index contributed by atoms with van der Waals surface area (Å²) in [5.74, 6) is 0.667. The Morgan fingerprint density at radius 2 is 1.83 bits per heavy atom. The van der Waals surface area contributed by atoms with Crippen LogP contribution in [-0.2, 0) is 4.74 Å². The third-order valence-electron chi connectivity index (χ3n) is 2.07. The van der Waals surface area contributed by atoms with E-state index in [0.717, 1.165) is 13.0 Å². The molecule has 0 amide bonds. The van der Waals surface area contributed by atoms with E-state index >= 15 is 0 Å². The van der Waals surface area contributed by atoms with Gasteiger partial charge in [0.2, 0.25) is 0 Å². The summed E-state index contributed by atoms with van der Waals surface area (Å²) in [6.07, 6.45) is 2.44. The number of nitrogens with two attached hydrogens (primary N) is 1. The van der Waals surface area contributed by atoms with Crippen LogP contribution < -0.4 is 5.73 Å². The summed E-state index contributed by atoms with van der Waals surface area (Å²) in [4.78, 5) is 0. The van der Waals surface area contributed by atoms with Crippen LogP contribution in [0, 0.1) is 5.92 Å². The lowest BCUT2D eigenvalue weighted by Crippen LogP contribution is -2.24. The quantitative estimate of drug-likeness (QED) is 0.668. The van der Waals surface area contributed by atoms with Gasteiger partial charge >= 0.3 is 0 Å². The zero-order chi connectivity index (χ0) is 9.56. The number of rotatable bonds is 6. The first-order valence-corrected chi connectivity index (χ1v) is 4.93. The Kier molecular flexibility index (Phi) is 6.39. The Morgan fingerprint density at radius 3 is 2.25 bits per heavy atom. The van der Waals surface area contributed by atoms with Gasteiger partial charge < -0.3 is 10.5 Å². The summed E-state index contributed by atoms with van der Waals surface area (Å²) in [5, 5.41) is 0. The summed E-state index contributed by atoms with van der Waals surface area (Å²) >= 11 is 0. The zero-order valence-electron chi connectivity index (χ0n) is 8.84. The van der Waals surface area contributed by atoms with Crippen LogP contribution in [0.2, 0.25) is 0 Å². The van der Waals surface area contributed by atoms with Crippen molar-refractivity contribution in [2.75, 3.05) is 6.61 Å². The first-order valence-electron chi connectivity index (χ1n) is 4.93. The van der Waals surface area contributed by atoms with E-state index in [1.807, 2.05) is 6.92 Å². The van der Waals surface area contributed by atoms with Crippen LogP contribution in [-0.4, -0.2) is 18.8 Å². The van der Waals surface area contributed by atoms with Gasteiger partial charge in [-0.1, -0.05) is 20.3 Å². The van der Waals surface area contributed by atoms with Crippen molar-refractivity contribution in [2.24, 2.45) is 11.7 Å². The summed E-state index contributed by atoms with van der Waals surface area (Å²) in [7, 11) is 0. The maximum atomic E-state index is 5.65. The van der Waals surface area contributed by atoms with Gasteiger partial charge in [-0.25, -0.2) is 0 Å². The number of hydrogen-bond acceptors (Lipinski definition) is 2. The highest BCUT2D eigenvalue weighted by atomic mass is 16.5. The van der Waals surface area contributed by atoms with Crippen molar-refractivity contribution in [1.82, 2.24) is 0 Å². The topological polar surface area (TPSA) is 35.2 Å². The predicted molar refractivity (Wildman–Crippen MR) is 53.1 cm³/mol. The fraction of sp³-hybridized carbons (Fsp3) is 1.00. The fourth-order valence-corrected chi connectivity index (χ4v) is 1.04. The third-order valence-corrected chi connectivity index (χ3v) is 2.07. The van der Waals surface area contributed by atoms with Crippen LogP contribution in [0.1, 0.15) is 40.5 Å². The van der Waals surface area contributed by atoms with Crippen LogP contribution in [0.5, 0.6) is 0 Å². The normalized spacial score (nSPS) is 18.8. The zero-order valence-corrected chi connectivity index (χ0v) is 8.84. The molecule has 0 aliphatic carbocycles. The van der Waals surface area contributed by atoms with Gasteiger partial charge in [0.15, 0.2) is 0 Å². The van der Waals surface area contributed by atoms with Gasteiger partial charge in [0.05, 0.1) is 6.10 Å². The summed E-state index contributed by atoms with van der Waals surface area (Å²) in [6.45, 7) is 9.36. The number of ether oxygens (including phenoxy) is 1. The van der Waals surface area contributed by atoms with Crippen LogP contribution in [0.15, 0.2) is 0 Å². The Morgan fingerprint density at radius 1 is 1.25 bits per heavy atom. The molecule has 2 heteroatoms. The van der Waals surface area contributed by atoms with E-state index in [2.05, 4.69) is 20.8 Å². The third kappa shape index (κ3) is 6.62. The Bertz CT molecular complexity index is 104. The molecule has 12 heavy (non-hydrogen) atoms. The molecule has 2 nitrogen and oxygen atoms in total. The van der Waals surface area contributed by atoms with Gasteiger partial charge in [-0.2, -0.15) is 0 Å². The number of hydrogen-bond donors (Lipinski definition) is 1. The minimum Gasteiger partial charge on any atom is -0.378 e. The van der Waals surface area contributed by atoms with Gasteiger partial charge in [-0.3, -0.25) is 0 Å². The van der Waals surface area contributed by atoms with E-state index in [9.17, 15) is 0 Å². The lowest BCUT2D eigenvalue weighted by molar-refractivity contribution is 0.0353. The molecule has 0 aromatic carbocycles. The highest BCUT2D eigenvalue weighted by Gasteiger charge is 2.06. The van der Waals surface area contributed by atoms with E-state index < -0.39 is 0 Å². The maximum Gasteiger partial charge on any atom is 0.0561 e. The molecule has 0 aromatic rings. The molecule has 0 spiro atoms. The Hall–Kier alpha value is -0.0800. The van der Waals surface area contributed by atoms with E-state index in [1.54, 1.807) is 0 Å². The van der Waals surface area contributed by atoms with Gasteiger partial charge in [0.25, 0.3) is 0 Å². The van der Waals surface area contributed by atoms with Gasteiger partial charge in [0, 0.05) is 12.6 Å². The van der Waals surface area contributed by atoms with Crippen molar-refractivity contribution in [3.8, 4) is 0 Å². The smallest absolute Gasteiger partial charge is 0.0561 e. The summed E-state index contributed by atoms with van der Waals surface area (Å²) in [6, 6.07) is 0.247. The van der Waals surface area contributed by atoms with Gasteiger partial charge in [0.1, 0.15) is 0 Å². The molecule has 0 aromatic heterocycles. The van der Waals surface area contributed by atoms with E-state index in [1.165, 1.54) is 6.42 Å². The van der Waals surface area contributed by atoms with Crippen molar-refractivity contribution in [3.05, 3.63) is 0 Å². The van der Waals surface area contributed by atoms with Gasteiger partial charge in [-0.15, -0.1) is 0 Å². The molecule has 0 rings (SSSR count). The lowest BCUT2D eigenvalue weighted by Gasteiger charge is -2.17. The molecule has 0 heterocycles. The highest BCUT2D eigenvalue weighted by Crippen LogP contribution is 2.06. The molecule has 0 aliphatic heterocycles. The van der Waals surface area contributed by atoms with E-state index in [-0.39, 0.29) is 6.04 Å². The minimum absolute atomic E-state index is 0.247. The second kappa shape index (κ2) is 6.44. The monoisotopic (exact) mass is 173 g/mol. The molecule has 0 bridgehead atoms. The summed E-state index contributed by atoms with van der Waals surface area (Å²) in [5.41, 5.74) is 5.65. The highest BCUT2D eigenvalue weighted by molar-refractivity contribution is 4.60. The van der Waals surface area contributed by atoms with Crippen molar-refractivity contribution < 1.29 is 4.74 Å². The first kappa shape index (κ1) is 11.9. The average Bonchev–Trinajstić information content (AvgIpc) is 1.99. The van der Waals surface area contributed by atoms with Crippen molar-refractivity contribution in [2.45, 2.75) is 52.7 Å². The minimum atomic E-state index is 0.247. The molecule has 0 fully saturated rings. The van der Waals surface area contributed by atoms with Crippen molar-refractivity contribution in [3.63, 3.8) is 0 Å². The maximum absolute atomic E-state index is 5.65. The SMILES string of the molecule is CCC(C)COC(C)CC(C)N. The summed E-state index contributed by atoms with van der Waals surface area (Å²) < 4.78 is 5.63. The Balaban J connectivity index is 3.36. The molecule has 0 radical (unpaired) electrons. The molecule has 74 valence electrons. The van der Waals surface area contributed by atoms with E-state index in [0.29, 0.717) is 12.0 Å².